The minimum Gasteiger partial charge on any atom is -0.0620 e. The molecular formula is C18H22P+. The van der Waals surface area contributed by atoms with Crippen LogP contribution in [0.5, 0.6) is 0 Å². The van der Waals surface area contributed by atoms with Gasteiger partial charge in [0.2, 0.25) is 0 Å². The third kappa shape index (κ3) is 3.07. The summed E-state index contributed by atoms with van der Waals surface area (Å²) >= 11 is 0. The topological polar surface area (TPSA) is 0 Å². The summed E-state index contributed by atoms with van der Waals surface area (Å²) in [6.07, 6.45) is 7.16. The molecule has 0 spiro atoms. The van der Waals surface area contributed by atoms with Crippen molar-refractivity contribution >= 4 is 18.5 Å². The molecule has 0 nitrogen and oxygen atoms in total. The average Bonchev–Trinajstić information content (AvgIpc) is 2.51. The Kier molecular flexibility index (Phi) is 4.30. The van der Waals surface area contributed by atoms with Gasteiger partial charge in [0.05, 0.1) is 24.2 Å². The van der Waals surface area contributed by atoms with Gasteiger partial charge in [-0.25, -0.2) is 0 Å². The highest BCUT2D eigenvalue weighted by atomic mass is 31.1. The molecule has 0 bridgehead atoms. The third-order valence-electron chi connectivity index (χ3n) is 4.18. The van der Waals surface area contributed by atoms with Crippen LogP contribution in [-0.2, 0) is 0 Å². The third-order valence-corrected chi connectivity index (χ3v) is 7.49. The van der Waals surface area contributed by atoms with Gasteiger partial charge in [0.25, 0.3) is 0 Å². The molecule has 19 heavy (non-hydrogen) atoms. The van der Waals surface area contributed by atoms with Crippen LogP contribution in [0, 0.1) is 0 Å². The fourth-order valence-electron chi connectivity index (χ4n) is 3.26. The van der Waals surface area contributed by atoms with Crippen LogP contribution in [0.15, 0.2) is 60.7 Å². The van der Waals surface area contributed by atoms with Crippen LogP contribution >= 0.6 is 7.92 Å². The molecule has 0 N–H and O–H groups in total. The molecule has 2 aromatic rings. The molecule has 0 saturated heterocycles. The highest BCUT2D eigenvalue weighted by Crippen LogP contribution is 2.45. The van der Waals surface area contributed by atoms with Gasteiger partial charge in [-0.15, -0.1) is 0 Å². The summed E-state index contributed by atoms with van der Waals surface area (Å²) in [5.74, 6) is 0. The lowest BCUT2D eigenvalue weighted by Crippen LogP contribution is -2.23. The zero-order valence-corrected chi connectivity index (χ0v) is 12.4. The summed E-state index contributed by atoms with van der Waals surface area (Å²) in [5, 5.41) is 3.18. The summed E-state index contributed by atoms with van der Waals surface area (Å²) in [4.78, 5) is 0. The molecule has 0 unspecified atom stereocenters. The molecule has 0 amide bonds. The van der Waals surface area contributed by atoms with Crippen molar-refractivity contribution in [3.05, 3.63) is 60.7 Å². The SMILES string of the molecule is c1ccc([PH+](c2ccccc2)C2CCCCC2)cc1. The van der Waals surface area contributed by atoms with Gasteiger partial charge in [-0.2, -0.15) is 0 Å². The van der Waals surface area contributed by atoms with Crippen molar-refractivity contribution in [2.75, 3.05) is 0 Å². The minimum atomic E-state index is -0.600. The van der Waals surface area contributed by atoms with Gasteiger partial charge in [0.15, 0.2) is 0 Å². The van der Waals surface area contributed by atoms with Crippen LogP contribution in [0.25, 0.3) is 0 Å². The van der Waals surface area contributed by atoms with Crippen molar-refractivity contribution in [1.82, 2.24) is 0 Å². The Labute approximate surface area is 117 Å². The molecule has 2 aromatic carbocycles. The molecular weight excluding hydrogens is 247 g/mol. The predicted molar refractivity (Wildman–Crippen MR) is 87.3 cm³/mol. The first kappa shape index (κ1) is 12.9. The lowest BCUT2D eigenvalue weighted by molar-refractivity contribution is 0.513. The Balaban J connectivity index is 1.96. The largest absolute Gasteiger partial charge is 0.0969 e. The number of benzene rings is 2. The summed E-state index contributed by atoms with van der Waals surface area (Å²) in [6, 6.07) is 22.4. The summed E-state index contributed by atoms with van der Waals surface area (Å²) in [5.41, 5.74) is 0.920. The molecule has 0 heterocycles. The quantitative estimate of drug-likeness (QED) is 0.733. The van der Waals surface area contributed by atoms with E-state index in [0.717, 1.165) is 5.66 Å². The summed E-state index contributed by atoms with van der Waals surface area (Å²) in [7, 11) is -0.600. The van der Waals surface area contributed by atoms with Crippen LogP contribution in [0.3, 0.4) is 0 Å². The van der Waals surface area contributed by atoms with Crippen LogP contribution in [0.2, 0.25) is 0 Å². The van der Waals surface area contributed by atoms with Gasteiger partial charge < -0.3 is 0 Å². The smallest absolute Gasteiger partial charge is 0.0620 e. The zero-order valence-electron chi connectivity index (χ0n) is 11.4. The van der Waals surface area contributed by atoms with Crippen LogP contribution in [0.4, 0.5) is 0 Å². The van der Waals surface area contributed by atoms with E-state index in [9.17, 15) is 0 Å². The zero-order chi connectivity index (χ0) is 12.9. The molecule has 0 radical (unpaired) electrons. The molecule has 1 heteroatoms. The molecule has 0 atom stereocenters. The van der Waals surface area contributed by atoms with E-state index in [1.807, 2.05) is 0 Å². The maximum absolute atomic E-state index is 2.34. The normalized spacial score (nSPS) is 16.7. The second kappa shape index (κ2) is 6.35. The Morgan fingerprint density at radius 3 is 1.58 bits per heavy atom. The maximum atomic E-state index is 2.34. The van der Waals surface area contributed by atoms with E-state index in [1.165, 1.54) is 32.1 Å². The molecule has 98 valence electrons. The first-order valence-electron chi connectivity index (χ1n) is 7.43. The van der Waals surface area contributed by atoms with Gasteiger partial charge >= 0.3 is 0 Å². The predicted octanol–water partition coefficient (Wildman–Crippen LogP) is 4.18. The Bertz CT molecular complexity index is 446. The average molecular weight is 269 g/mol. The van der Waals surface area contributed by atoms with E-state index in [-0.39, 0.29) is 0 Å². The van der Waals surface area contributed by atoms with Crippen LogP contribution < -0.4 is 10.6 Å². The fourth-order valence-corrected chi connectivity index (χ4v) is 6.63. The molecule has 1 saturated carbocycles. The van der Waals surface area contributed by atoms with E-state index < -0.39 is 7.92 Å². The highest BCUT2D eigenvalue weighted by molar-refractivity contribution is 7.73. The first-order valence-corrected chi connectivity index (χ1v) is 9.00. The monoisotopic (exact) mass is 269 g/mol. The molecule has 1 fully saturated rings. The lowest BCUT2D eigenvalue weighted by atomic mass is 10.0. The van der Waals surface area contributed by atoms with Crippen LogP contribution in [-0.4, -0.2) is 5.66 Å². The Morgan fingerprint density at radius 1 is 0.632 bits per heavy atom. The second-order valence-electron chi connectivity index (χ2n) is 5.48. The van der Waals surface area contributed by atoms with Gasteiger partial charge in [0, 0.05) is 0 Å². The fraction of sp³-hybridized carbons (Fsp3) is 0.333. The molecule has 1 aliphatic carbocycles. The van der Waals surface area contributed by atoms with Crippen molar-refractivity contribution < 1.29 is 0 Å². The van der Waals surface area contributed by atoms with Crippen molar-refractivity contribution in [2.45, 2.75) is 37.8 Å². The van der Waals surface area contributed by atoms with E-state index in [2.05, 4.69) is 60.7 Å². The first-order chi connectivity index (χ1) is 9.45. The van der Waals surface area contributed by atoms with E-state index in [1.54, 1.807) is 10.6 Å². The van der Waals surface area contributed by atoms with E-state index in [4.69, 9.17) is 0 Å². The van der Waals surface area contributed by atoms with Gasteiger partial charge in [-0.1, -0.05) is 42.8 Å². The lowest BCUT2D eigenvalue weighted by Gasteiger charge is -2.24. The Hall–Kier alpha value is -1.13. The number of hydrogen-bond acceptors (Lipinski definition) is 0. The molecule has 0 aliphatic heterocycles. The van der Waals surface area contributed by atoms with Crippen LogP contribution in [0.1, 0.15) is 32.1 Å². The van der Waals surface area contributed by atoms with Gasteiger partial charge in [-0.3, -0.25) is 0 Å². The van der Waals surface area contributed by atoms with Crippen molar-refractivity contribution in [2.24, 2.45) is 0 Å². The van der Waals surface area contributed by atoms with Gasteiger partial charge in [0.1, 0.15) is 0 Å². The number of hydrogen-bond donors (Lipinski definition) is 0. The number of rotatable bonds is 3. The second-order valence-corrected chi connectivity index (χ2v) is 8.28. The maximum Gasteiger partial charge on any atom is 0.0969 e. The van der Waals surface area contributed by atoms with E-state index >= 15 is 0 Å². The van der Waals surface area contributed by atoms with Crippen molar-refractivity contribution in [3.8, 4) is 0 Å². The van der Waals surface area contributed by atoms with E-state index in [0.29, 0.717) is 0 Å². The van der Waals surface area contributed by atoms with Gasteiger partial charge in [-0.05, 0) is 49.9 Å². The molecule has 0 aromatic heterocycles. The minimum absolute atomic E-state index is 0.600. The highest BCUT2D eigenvalue weighted by Gasteiger charge is 2.33. The standard InChI is InChI=1S/C18H21P/c1-4-10-16(11-5-1)19(17-12-6-2-7-13-17)18-14-8-3-9-15-18/h1-2,4-7,10-13,18H,3,8-9,14-15H2/p+1. The molecule has 3 rings (SSSR count). The summed E-state index contributed by atoms with van der Waals surface area (Å²) in [6.45, 7) is 0. The molecule has 1 aliphatic rings. The van der Waals surface area contributed by atoms with Crippen molar-refractivity contribution in [3.63, 3.8) is 0 Å². The van der Waals surface area contributed by atoms with Crippen molar-refractivity contribution in [1.29, 1.82) is 0 Å². The summed E-state index contributed by atoms with van der Waals surface area (Å²) < 4.78 is 0. The Morgan fingerprint density at radius 2 is 1.11 bits per heavy atom.